The van der Waals surface area contributed by atoms with Crippen LogP contribution in [0.15, 0.2) is 4.47 Å². The summed E-state index contributed by atoms with van der Waals surface area (Å²) in [6, 6.07) is -1.50. The summed E-state index contributed by atoms with van der Waals surface area (Å²) >= 11 is 3.50. The highest BCUT2D eigenvalue weighted by molar-refractivity contribution is 9.10. The number of aromatic nitrogens is 2. The summed E-state index contributed by atoms with van der Waals surface area (Å²) in [6.45, 7) is 0.338. The van der Waals surface area contributed by atoms with Gasteiger partial charge >= 0.3 is 6.18 Å². The van der Waals surface area contributed by atoms with Crippen molar-refractivity contribution in [2.75, 3.05) is 11.9 Å². The number of anilines is 1. The Bertz CT molecular complexity index is 569. The Morgan fingerprint density at radius 1 is 1.19 bits per heavy atom. The Labute approximate surface area is 129 Å². The molecule has 1 N–H and O–H groups in total. The number of nitrogens with one attached hydrogen (secondary N) is 1. The molecule has 0 saturated heterocycles. The maximum atomic E-state index is 13.2. The fourth-order valence-electron chi connectivity index (χ4n) is 4.38. The predicted molar refractivity (Wildman–Crippen MR) is 76.3 cm³/mol. The molecule has 2 aliphatic carbocycles. The lowest BCUT2D eigenvalue weighted by molar-refractivity contribution is -0.171. The molecular formula is C14H17BrF3N3. The van der Waals surface area contributed by atoms with E-state index < -0.39 is 12.2 Å². The van der Waals surface area contributed by atoms with E-state index in [1.807, 2.05) is 0 Å². The van der Waals surface area contributed by atoms with Crippen molar-refractivity contribution in [3.63, 3.8) is 0 Å². The molecule has 1 aliphatic heterocycles. The third-order valence-electron chi connectivity index (χ3n) is 5.35. The Hall–Kier alpha value is -0.720. The minimum absolute atomic E-state index is 0.0424. The zero-order valence-electron chi connectivity index (χ0n) is 11.5. The summed E-state index contributed by atoms with van der Waals surface area (Å²) in [5.41, 5.74) is 0.834. The lowest BCUT2D eigenvalue weighted by Crippen LogP contribution is -2.34. The topological polar surface area (TPSA) is 29.9 Å². The molecule has 1 aromatic heterocycles. The van der Waals surface area contributed by atoms with Crippen molar-refractivity contribution in [3.8, 4) is 0 Å². The number of fused-ring (bicyclic) bond motifs is 3. The van der Waals surface area contributed by atoms with Gasteiger partial charge in [-0.1, -0.05) is 6.42 Å². The highest BCUT2D eigenvalue weighted by Gasteiger charge is 2.47. The molecular weight excluding hydrogens is 347 g/mol. The number of hydrogen-bond donors (Lipinski definition) is 1. The first-order valence-corrected chi connectivity index (χ1v) is 8.33. The van der Waals surface area contributed by atoms with Crippen molar-refractivity contribution in [2.24, 2.45) is 11.8 Å². The Kier molecular flexibility index (Phi) is 3.07. The summed E-state index contributed by atoms with van der Waals surface area (Å²) in [4.78, 5) is 0. The van der Waals surface area contributed by atoms with Gasteiger partial charge in [-0.3, -0.25) is 0 Å². The third kappa shape index (κ3) is 2.11. The molecule has 3 nitrogen and oxygen atoms in total. The van der Waals surface area contributed by atoms with Gasteiger partial charge in [-0.2, -0.15) is 18.3 Å². The van der Waals surface area contributed by atoms with Gasteiger partial charge in [0.2, 0.25) is 0 Å². The number of rotatable bonds is 1. The molecule has 0 radical (unpaired) electrons. The van der Waals surface area contributed by atoms with Crippen LogP contribution in [-0.4, -0.2) is 22.5 Å². The first kappa shape index (κ1) is 13.9. The van der Waals surface area contributed by atoms with Gasteiger partial charge in [0, 0.05) is 12.5 Å². The van der Waals surface area contributed by atoms with E-state index in [2.05, 4.69) is 26.3 Å². The molecule has 4 unspecified atom stereocenters. The summed E-state index contributed by atoms with van der Waals surface area (Å²) in [5.74, 6) is 2.18. The van der Waals surface area contributed by atoms with E-state index in [0.29, 0.717) is 24.2 Å². The average Bonchev–Trinajstić information content (AvgIpc) is 3.11. The van der Waals surface area contributed by atoms with E-state index in [1.165, 1.54) is 19.3 Å². The second-order valence-corrected chi connectivity index (χ2v) is 7.34. The van der Waals surface area contributed by atoms with Crippen LogP contribution >= 0.6 is 15.9 Å². The summed E-state index contributed by atoms with van der Waals surface area (Å²) in [7, 11) is 0. The molecule has 0 amide bonds. The van der Waals surface area contributed by atoms with Gasteiger partial charge in [-0.15, -0.1) is 0 Å². The molecule has 2 saturated carbocycles. The van der Waals surface area contributed by atoms with Crippen molar-refractivity contribution in [1.29, 1.82) is 0 Å². The third-order valence-corrected chi connectivity index (χ3v) is 6.13. The molecule has 0 aromatic carbocycles. The molecule has 116 valence electrons. The first-order valence-electron chi connectivity index (χ1n) is 7.53. The van der Waals surface area contributed by atoms with E-state index in [0.717, 1.165) is 27.2 Å². The molecule has 2 bridgehead atoms. The van der Waals surface area contributed by atoms with E-state index in [4.69, 9.17) is 0 Å². The molecule has 21 heavy (non-hydrogen) atoms. The van der Waals surface area contributed by atoms with Crippen LogP contribution in [0, 0.1) is 11.8 Å². The van der Waals surface area contributed by atoms with Gasteiger partial charge in [0.25, 0.3) is 0 Å². The van der Waals surface area contributed by atoms with Gasteiger partial charge < -0.3 is 5.32 Å². The van der Waals surface area contributed by atoms with Gasteiger partial charge in [-0.25, -0.2) is 4.68 Å². The number of hydrogen-bond acceptors (Lipinski definition) is 2. The maximum absolute atomic E-state index is 13.2. The second kappa shape index (κ2) is 4.64. The van der Waals surface area contributed by atoms with Gasteiger partial charge in [0.05, 0.1) is 10.2 Å². The molecule has 1 aromatic rings. The SMILES string of the molecule is FC(F)(F)C1CCNc2c(Br)c(C3CC4CCC3C4)nn21. The van der Waals surface area contributed by atoms with Gasteiger partial charge in [-0.05, 0) is 53.4 Å². The Morgan fingerprint density at radius 3 is 2.62 bits per heavy atom. The monoisotopic (exact) mass is 363 g/mol. The minimum Gasteiger partial charge on any atom is -0.369 e. The highest BCUT2D eigenvalue weighted by atomic mass is 79.9. The quantitative estimate of drug-likeness (QED) is 0.797. The van der Waals surface area contributed by atoms with Crippen molar-refractivity contribution < 1.29 is 13.2 Å². The molecule has 4 rings (SSSR count). The van der Waals surface area contributed by atoms with Crippen molar-refractivity contribution >= 4 is 21.7 Å². The van der Waals surface area contributed by atoms with E-state index in [-0.39, 0.29) is 6.42 Å². The van der Waals surface area contributed by atoms with Crippen LogP contribution in [0.3, 0.4) is 0 Å². The fourth-order valence-corrected chi connectivity index (χ4v) is 5.08. The van der Waals surface area contributed by atoms with E-state index in [9.17, 15) is 13.2 Å². The summed E-state index contributed by atoms with van der Waals surface area (Å²) in [6.07, 6.45) is 0.566. The van der Waals surface area contributed by atoms with Gasteiger partial charge in [0.15, 0.2) is 6.04 Å². The first-order chi connectivity index (χ1) is 9.95. The number of alkyl halides is 3. The molecule has 2 heterocycles. The Morgan fingerprint density at radius 2 is 2.00 bits per heavy atom. The fraction of sp³-hybridized carbons (Fsp3) is 0.786. The lowest BCUT2D eigenvalue weighted by atomic mass is 9.86. The zero-order valence-corrected chi connectivity index (χ0v) is 13.0. The summed E-state index contributed by atoms with van der Waals surface area (Å²) in [5, 5.41) is 7.46. The van der Waals surface area contributed by atoms with Gasteiger partial charge in [0.1, 0.15) is 5.82 Å². The van der Waals surface area contributed by atoms with Crippen molar-refractivity contribution in [3.05, 3.63) is 10.2 Å². The minimum atomic E-state index is -4.24. The van der Waals surface area contributed by atoms with E-state index >= 15 is 0 Å². The summed E-state index contributed by atoms with van der Waals surface area (Å²) < 4.78 is 41.5. The number of nitrogens with zero attached hydrogens (tertiary/aromatic N) is 2. The second-order valence-electron chi connectivity index (χ2n) is 6.55. The number of halogens is 4. The largest absolute Gasteiger partial charge is 0.410 e. The smallest absolute Gasteiger partial charge is 0.369 e. The molecule has 3 aliphatic rings. The highest BCUT2D eigenvalue weighted by Crippen LogP contribution is 2.55. The van der Waals surface area contributed by atoms with Crippen LogP contribution in [0.2, 0.25) is 0 Å². The maximum Gasteiger partial charge on any atom is 0.410 e. The van der Waals surface area contributed by atoms with Crippen LogP contribution in [0.5, 0.6) is 0 Å². The van der Waals surface area contributed by atoms with Crippen molar-refractivity contribution in [2.45, 2.75) is 50.2 Å². The van der Waals surface area contributed by atoms with Crippen LogP contribution < -0.4 is 5.32 Å². The van der Waals surface area contributed by atoms with Crippen LogP contribution in [-0.2, 0) is 0 Å². The Balaban J connectivity index is 1.73. The van der Waals surface area contributed by atoms with Crippen LogP contribution in [0.1, 0.15) is 49.8 Å². The molecule has 2 fully saturated rings. The predicted octanol–water partition coefficient (Wildman–Crippen LogP) is 4.47. The standard InChI is InChI=1S/C14H17BrF3N3/c15-11-12(9-6-7-1-2-8(9)5-7)20-21-10(14(16,17)18)3-4-19-13(11)21/h7-10,19H,1-6H2. The molecule has 0 spiro atoms. The molecule has 4 atom stereocenters. The lowest BCUT2D eigenvalue weighted by Gasteiger charge is -2.27. The van der Waals surface area contributed by atoms with Crippen LogP contribution in [0.4, 0.5) is 19.0 Å². The van der Waals surface area contributed by atoms with Crippen molar-refractivity contribution in [1.82, 2.24) is 9.78 Å². The van der Waals surface area contributed by atoms with Crippen LogP contribution in [0.25, 0.3) is 0 Å². The average molecular weight is 364 g/mol. The normalized spacial score (nSPS) is 34.9. The zero-order chi connectivity index (χ0) is 14.8. The molecule has 7 heteroatoms. The van der Waals surface area contributed by atoms with E-state index in [1.54, 1.807) is 0 Å².